The lowest BCUT2D eigenvalue weighted by molar-refractivity contribution is 0.0930. The third-order valence-corrected chi connectivity index (χ3v) is 2.83. The Morgan fingerprint density at radius 2 is 1.60 bits per heavy atom. The van der Waals surface area contributed by atoms with Crippen LogP contribution in [-0.2, 0) is 0 Å². The molecule has 0 aliphatic carbocycles. The van der Waals surface area contributed by atoms with Crippen LogP contribution >= 0.6 is 0 Å². The van der Waals surface area contributed by atoms with E-state index in [1.54, 1.807) is 12.1 Å². The molecule has 2 aromatic carbocycles. The lowest BCUT2D eigenvalue weighted by Crippen LogP contribution is -2.42. The van der Waals surface area contributed by atoms with Crippen LogP contribution in [0.25, 0.3) is 6.08 Å². The largest absolute Gasteiger partial charge is 0.287 e. The van der Waals surface area contributed by atoms with Gasteiger partial charge in [-0.05, 0) is 24.6 Å². The van der Waals surface area contributed by atoms with Gasteiger partial charge in [-0.15, -0.1) is 0 Å². The van der Waals surface area contributed by atoms with Crippen molar-refractivity contribution in [3.63, 3.8) is 0 Å². The lowest BCUT2D eigenvalue weighted by Gasteiger charge is -2.11. The van der Waals surface area contributed by atoms with E-state index in [0.29, 0.717) is 5.56 Å². The van der Waals surface area contributed by atoms with Gasteiger partial charge >= 0.3 is 0 Å². The molecule has 0 fully saturated rings. The molecule has 2 aromatic rings. The van der Waals surface area contributed by atoms with E-state index < -0.39 is 0 Å². The van der Waals surface area contributed by atoms with Crippen LogP contribution in [-0.4, -0.2) is 11.9 Å². The van der Waals surface area contributed by atoms with E-state index in [4.69, 9.17) is 0 Å². The van der Waals surface area contributed by atoms with Crippen molar-refractivity contribution in [3.05, 3.63) is 77.9 Å². The molecular weight excluding hydrogens is 248 g/mol. The fraction of sp³-hybridized carbons (Fsp3) is 0.118. The van der Waals surface area contributed by atoms with E-state index in [9.17, 15) is 4.79 Å². The van der Waals surface area contributed by atoms with Crippen LogP contribution in [0.5, 0.6) is 0 Å². The average Bonchev–Trinajstić information content (AvgIpc) is 2.52. The quantitative estimate of drug-likeness (QED) is 0.817. The topological polar surface area (TPSA) is 41.1 Å². The maximum absolute atomic E-state index is 11.8. The maximum atomic E-state index is 11.8. The zero-order valence-electron chi connectivity index (χ0n) is 11.4. The minimum Gasteiger partial charge on any atom is -0.287 e. The Balaban J connectivity index is 1.82. The summed E-state index contributed by atoms with van der Waals surface area (Å²) < 4.78 is 0. The third kappa shape index (κ3) is 4.37. The molecule has 0 spiro atoms. The van der Waals surface area contributed by atoms with Crippen LogP contribution in [0.1, 0.15) is 22.8 Å². The zero-order chi connectivity index (χ0) is 14.2. The standard InChI is InChI=1S/C17H18N2O/c1-14(12-13-15-8-4-2-5-9-15)18-19-17(20)16-10-6-3-7-11-16/h2-14,18H,1H3,(H,19,20)/b13-12+/t14-/m0/s1. The van der Waals surface area contributed by atoms with Crippen molar-refractivity contribution in [1.82, 2.24) is 10.9 Å². The van der Waals surface area contributed by atoms with Crippen LogP contribution in [0.15, 0.2) is 66.7 Å². The summed E-state index contributed by atoms with van der Waals surface area (Å²) in [5.74, 6) is -0.134. The van der Waals surface area contributed by atoms with Gasteiger partial charge in [0.25, 0.3) is 5.91 Å². The normalized spacial score (nSPS) is 12.2. The molecule has 0 bridgehead atoms. The van der Waals surface area contributed by atoms with Gasteiger partial charge in [-0.2, -0.15) is 0 Å². The summed E-state index contributed by atoms with van der Waals surface area (Å²) in [5.41, 5.74) is 7.43. The summed E-state index contributed by atoms with van der Waals surface area (Å²) in [6, 6.07) is 19.2. The minimum absolute atomic E-state index is 0.0443. The smallest absolute Gasteiger partial charge is 0.265 e. The van der Waals surface area contributed by atoms with Gasteiger partial charge in [0.05, 0.1) is 0 Å². The van der Waals surface area contributed by atoms with Crippen molar-refractivity contribution in [2.75, 3.05) is 0 Å². The van der Waals surface area contributed by atoms with Crippen molar-refractivity contribution < 1.29 is 4.79 Å². The second-order valence-corrected chi connectivity index (χ2v) is 4.52. The first-order valence-corrected chi connectivity index (χ1v) is 6.60. The first-order valence-electron chi connectivity index (χ1n) is 6.60. The van der Waals surface area contributed by atoms with E-state index in [-0.39, 0.29) is 11.9 Å². The van der Waals surface area contributed by atoms with Gasteiger partial charge < -0.3 is 0 Å². The van der Waals surface area contributed by atoms with Gasteiger partial charge in [0, 0.05) is 11.6 Å². The van der Waals surface area contributed by atoms with Gasteiger partial charge in [0.15, 0.2) is 0 Å². The number of hydrazine groups is 1. The van der Waals surface area contributed by atoms with Crippen LogP contribution in [0.2, 0.25) is 0 Å². The first kappa shape index (κ1) is 14.0. The Kier molecular flexibility index (Phi) is 5.09. The van der Waals surface area contributed by atoms with Crippen molar-refractivity contribution in [1.29, 1.82) is 0 Å². The van der Waals surface area contributed by atoms with Crippen LogP contribution in [0.4, 0.5) is 0 Å². The molecule has 2 rings (SSSR count). The highest BCUT2D eigenvalue weighted by Gasteiger charge is 2.04. The number of carbonyl (C=O) groups is 1. The number of hydrogen-bond donors (Lipinski definition) is 2. The molecule has 3 heteroatoms. The summed E-state index contributed by atoms with van der Waals surface area (Å²) >= 11 is 0. The SMILES string of the molecule is C[C@@H](/C=C/c1ccccc1)NNC(=O)c1ccccc1. The third-order valence-electron chi connectivity index (χ3n) is 2.83. The molecule has 0 radical (unpaired) electrons. The predicted molar refractivity (Wildman–Crippen MR) is 82.0 cm³/mol. The van der Waals surface area contributed by atoms with Gasteiger partial charge in [-0.3, -0.25) is 10.2 Å². The number of benzene rings is 2. The summed E-state index contributed by atoms with van der Waals surface area (Å²) in [4.78, 5) is 11.8. The maximum Gasteiger partial charge on any atom is 0.265 e. The Morgan fingerprint density at radius 3 is 2.25 bits per heavy atom. The first-order chi connectivity index (χ1) is 9.75. The molecule has 0 aliphatic rings. The van der Waals surface area contributed by atoms with Gasteiger partial charge in [0.1, 0.15) is 0 Å². The Hall–Kier alpha value is -2.39. The summed E-state index contributed by atoms with van der Waals surface area (Å²) in [7, 11) is 0. The highest BCUT2D eigenvalue weighted by atomic mass is 16.2. The minimum atomic E-state index is -0.134. The Labute approximate surface area is 119 Å². The number of amides is 1. The van der Waals surface area contributed by atoms with Gasteiger partial charge in [-0.25, -0.2) is 5.43 Å². The molecule has 0 unspecified atom stereocenters. The van der Waals surface area contributed by atoms with E-state index in [1.807, 2.05) is 67.6 Å². The van der Waals surface area contributed by atoms with Crippen molar-refractivity contribution in [2.24, 2.45) is 0 Å². The van der Waals surface area contributed by atoms with E-state index in [0.717, 1.165) is 5.56 Å². The highest BCUT2D eigenvalue weighted by Crippen LogP contribution is 2.02. The molecule has 2 N–H and O–H groups in total. The molecule has 102 valence electrons. The lowest BCUT2D eigenvalue weighted by atomic mass is 10.2. The van der Waals surface area contributed by atoms with E-state index in [1.165, 1.54) is 0 Å². The highest BCUT2D eigenvalue weighted by molar-refractivity contribution is 5.93. The van der Waals surface area contributed by atoms with Crippen LogP contribution < -0.4 is 10.9 Å². The number of nitrogens with one attached hydrogen (secondary N) is 2. The van der Waals surface area contributed by atoms with Crippen molar-refractivity contribution in [2.45, 2.75) is 13.0 Å². The summed E-state index contributed by atoms with van der Waals surface area (Å²) in [6.45, 7) is 1.98. The molecular formula is C17H18N2O. The number of hydrogen-bond acceptors (Lipinski definition) is 2. The van der Waals surface area contributed by atoms with Crippen molar-refractivity contribution >= 4 is 12.0 Å². The van der Waals surface area contributed by atoms with E-state index in [2.05, 4.69) is 10.9 Å². The molecule has 0 aliphatic heterocycles. The van der Waals surface area contributed by atoms with Crippen LogP contribution in [0.3, 0.4) is 0 Å². The molecule has 0 saturated heterocycles. The van der Waals surface area contributed by atoms with Crippen molar-refractivity contribution in [3.8, 4) is 0 Å². The summed E-state index contributed by atoms with van der Waals surface area (Å²) in [5, 5.41) is 0. The Morgan fingerprint density at radius 1 is 1.00 bits per heavy atom. The Bertz CT molecular complexity index is 564. The molecule has 3 nitrogen and oxygen atoms in total. The zero-order valence-corrected chi connectivity index (χ0v) is 11.4. The van der Waals surface area contributed by atoms with Gasteiger partial charge in [-0.1, -0.05) is 60.7 Å². The molecule has 1 amide bonds. The monoisotopic (exact) mass is 266 g/mol. The molecule has 0 heterocycles. The molecule has 1 atom stereocenters. The fourth-order valence-electron chi connectivity index (χ4n) is 1.71. The number of rotatable bonds is 5. The second-order valence-electron chi connectivity index (χ2n) is 4.52. The molecule has 20 heavy (non-hydrogen) atoms. The summed E-state index contributed by atoms with van der Waals surface area (Å²) in [6.07, 6.45) is 4.02. The predicted octanol–water partition coefficient (Wildman–Crippen LogP) is 3.02. The average molecular weight is 266 g/mol. The second kappa shape index (κ2) is 7.26. The molecule has 0 aromatic heterocycles. The van der Waals surface area contributed by atoms with Gasteiger partial charge in [0.2, 0.25) is 0 Å². The van der Waals surface area contributed by atoms with E-state index >= 15 is 0 Å². The fourth-order valence-corrected chi connectivity index (χ4v) is 1.71. The molecule has 0 saturated carbocycles. The number of carbonyl (C=O) groups excluding carboxylic acids is 1. The van der Waals surface area contributed by atoms with Crippen LogP contribution in [0, 0.1) is 0 Å².